The van der Waals surface area contributed by atoms with Crippen molar-refractivity contribution in [2.24, 2.45) is 0 Å². The summed E-state index contributed by atoms with van der Waals surface area (Å²) in [6.07, 6.45) is 0.622. The van der Waals surface area contributed by atoms with E-state index < -0.39 is 5.97 Å². The Morgan fingerprint density at radius 1 is 0.786 bits per heavy atom. The van der Waals surface area contributed by atoms with Crippen molar-refractivity contribution in [3.63, 3.8) is 0 Å². The first-order valence-corrected chi connectivity index (χ1v) is 9.08. The van der Waals surface area contributed by atoms with E-state index in [1.165, 1.54) is 39.1 Å². The number of carbonyl (C=O) groups is 1. The van der Waals surface area contributed by atoms with Crippen LogP contribution in [0.3, 0.4) is 0 Å². The molecule has 1 heterocycles. The standard InChI is InChI=1S/C23H17NO4/c25-19-11-12-20(26)24(19)28-21(27)13-9-14-4-5-17-7-6-15-2-1-3-16-8-10-18(14)23(17)22(15)16/h1-8,10-12,25-26H,9,13H2. The number of aromatic hydroxyl groups is 2. The maximum absolute atomic E-state index is 12.2. The summed E-state index contributed by atoms with van der Waals surface area (Å²) in [5.41, 5.74) is 1.06. The molecule has 0 amide bonds. The van der Waals surface area contributed by atoms with Crippen LogP contribution in [0.15, 0.2) is 66.7 Å². The van der Waals surface area contributed by atoms with Crippen molar-refractivity contribution >= 4 is 38.3 Å². The molecule has 0 aliphatic rings. The van der Waals surface area contributed by atoms with Crippen LogP contribution in [0.25, 0.3) is 32.3 Å². The normalized spacial score (nSPS) is 11.6. The van der Waals surface area contributed by atoms with Crippen LogP contribution in [-0.4, -0.2) is 20.9 Å². The van der Waals surface area contributed by atoms with Gasteiger partial charge in [0.05, 0.1) is 6.42 Å². The first-order valence-electron chi connectivity index (χ1n) is 9.08. The van der Waals surface area contributed by atoms with E-state index in [4.69, 9.17) is 4.84 Å². The van der Waals surface area contributed by atoms with Crippen molar-refractivity contribution < 1.29 is 19.8 Å². The van der Waals surface area contributed by atoms with Crippen LogP contribution in [0.2, 0.25) is 0 Å². The lowest BCUT2D eigenvalue weighted by Crippen LogP contribution is -2.19. The van der Waals surface area contributed by atoms with Crippen LogP contribution in [0.4, 0.5) is 0 Å². The quantitative estimate of drug-likeness (QED) is 0.460. The molecule has 5 heteroatoms. The van der Waals surface area contributed by atoms with Gasteiger partial charge in [-0.2, -0.15) is 0 Å². The summed E-state index contributed by atoms with van der Waals surface area (Å²) in [5, 5.41) is 26.3. The molecule has 0 unspecified atom stereocenters. The third kappa shape index (κ3) is 2.52. The summed E-state index contributed by atoms with van der Waals surface area (Å²) in [5.74, 6) is -1.19. The van der Waals surface area contributed by atoms with Crippen molar-refractivity contribution in [1.82, 2.24) is 4.73 Å². The Labute approximate surface area is 160 Å². The minimum atomic E-state index is -0.535. The zero-order valence-corrected chi connectivity index (χ0v) is 14.9. The Hall–Kier alpha value is -3.73. The number of benzene rings is 4. The van der Waals surface area contributed by atoms with Crippen molar-refractivity contribution in [2.75, 3.05) is 0 Å². The van der Waals surface area contributed by atoms with Gasteiger partial charge < -0.3 is 15.1 Å². The molecule has 0 atom stereocenters. The fourth-order valence-corrected chi connectivity index (χ4v) is 3.89. The van der Waals surface area contributed by atoms with E-state index in [-0.39, 0.29) is 18.2 Å². The Bertz CT molecular complexity index is 1300. The van der Waals surface area contributed by atoms with Gasteiger partial charge in [-0.25, -0.2) is 4.79 Å². The van der Waals surface area contributed by atoms with Gasteiger partial charge in [-0.15, -0.1) is 4.73 Å². The molecule has 0 fully saturated rings. The first-order chi connectivity index (χ1) is 13.6. The van der Waals surface area contributed by atoms with E-state index in [9.17, 15) is 15.0 Å². The van der Waals surface area contributed by atoms with Crippen molar-refractivity contribution in [3.05, 3.63) is 72.3 Å². The molecular weight excluding hydrogens is 354 g/mol. The zero-order chi connectivity index (χ0) is 19.3. The van der Waals surface area contributed by atoms with E-state index in [0.717, 1.165) is 10.9 Å². The third-order valence-corrected chi connectivity index (χ3v) is 5.21. The molecule has 1 aromatic heterocycles. The third-order valence-electron chi connectivity index (χ3n) is 5.21. The maximum Gasteiger partial charge on any atom is 0.333 e. The molecule has 0 aliphatic heterocycles. The molecular formula is C23H17NO4. The van der Waals surface area contributed by atoms with E-state index in [1.807, 2.05) is 6.07 Å². The molecule has 2 N–H and O–H groups in total. The predicted molar refractivity (Wildman–Crippen MR) is 108 cm³/mol. The number of nitrogens with zero attached hydrogens (tertiary/aromatic N) is 1. The largest absolute Gasteiger partial charge is 0.492 e. The number of aryl methyl sites for hydroxylation is 1. The van der Waals surface area contributed by atoms with Gasteiger partial charge in [0, 0.05) is 12.1 Å². The predicted octanol–water partition coefficient (Wildman–Crippen LogP) is 4.38. The first kappa shape index (κ1) is 16.4. The number of hydrogen-bond acceptors (Lipinski definition) is 4. The van der Waals surface area contributed by atoms with Gasteiger partial charge in [-0.05, 0) is 44.3 Å². The van der Waals surface area contributed by atoms with Crippen LogP contribution < -0.4 is 4.84 Å². The van der Waals surface area contributed by atoms with Crippen LogP contribution in [-0.2, 0) is 11.2 Å². The molecule has 138 valence electrons. The molecule has 0 saturated carbocycles. The summed E-state index contributed by atoms with van der Waals surface area (Å²) in [7, 11) is 0. The summed E-state index contributed by atoms with van der Waals surface area (Å²) in [6, 6.07) is 21.4. The number of hydrogen-bond donors (Lipinski definition) is 2. The minimum Gasteiger partial charge on any atom is -0.492 e. The molecule has 0 spiro atoms. The van der Waals surface area contributed by atoms with Gasteiger partial charge in [-0.3, -0.25) is 0 Å². The second-order valence-electron chi connectivity index (χ2n) is 6.89. The van der Waals surface area contributed by atoms with E-state index in [1.54, 1.807) is 0 Å². The second-order valence-corrected chi connectivity index (χ2v) is 6.89. The summed E-state index contributed by atoms with van der Waals surface area (Å²) >= 11 is 0. The number of rotatable bonds is 4. The Morgan fingerprint density at radius 2 is 1.39 bits per heavy atom. The maximum atomic E-state index is 12.2. The lowest BCUT2D eigenvalue weighted by molar-refractivity contribution is -0.145. The number of carbonyl (C=O) groups excluding carboxylic acids is 1. The summed E-state index contributed by atoms with van der Waals surface area (Å²) in [6.45, 7) is 0. The van der Waals surface area contributed by atoms with Crippen molar-refractivity contribution in [3.8, 4) is 11.8 Å². The summed E-state index contributed by atoms with van der Waals surface area (Å²) < 4.78 is 0.715. The molecule has 4 aromatic carbocycles. The van der Waals surface area contributed by atoms with E-state index >= 15 is 0 Å². The summed E-state index contributed by atoms with van der Waals surface area (Å²) in [4.78, 5) is 17.2. The molecule has 0 bridgehead atoms. The van der Waals surface area contributed by atoms with Crippen LogP contribution in [0.5, 0.6) is 11.8 Å². The monoisotopic (exact) mass is 371 g/mol. The van der Waals surface area contributed by atoms with Crippen molar-refractivity contribution in [2.45, 2.75) is 12.8 Å². The van der Waals surface area contributed by atoms with Gasteiger partial charge in [0.1, 0.15) is 0 Å². The fourth-order valence-electron chi connectivity index (χ4n) is 3.89. The van der Waals surface area contributed by atoms with Gasteiger partial charge in [0.15, 0.2) is 0 Å². The highest BCUT2D eigenvalue weighted by atomic mass is 16.7. The molecule has 5 rings (SSSR count). The minimum absolute atomic E-state index is 0.126. The Balaban J connectivity index is 1.48. The van der Waals surface area contributed by atoms with E-state index in [2.05, 4.69) is 48.5 Å². The smallest absolute Gasteiger partial charge is 0.333 e. The topological polar surface area (TPSA) is 71.7 Å². The van der Waals surface area contributed by atoms with Crippen LogP contribution in [0, 0.1) is 0 Å². The SMILES string of the molecule is O=C(CCc1ccc2ccc3cccc4ccc1c2c34)On1c(O)ccc1O. The molecule has 28 heavy (non-hydrogen) atoms. The lowest BCUT2D eigenvalue weighted by atomic mass is 9.91. The highest BCUT2D eigenvalue weighted by Gasteiger charge is 2.14. The van der Waals surface area contributed by atoms with E-state index in [0.29, 0.717) is 11.2 Å². The highest BCUT2D eigenvalue weighted by molar-refractivity contribution is 6.23. The molecule has 5 aromatic rings. The van der Waals surface area contributed by atoms with Gasteiger partial charge >= 0.3 is 5.97 Å². The average Bonchev–Trinajstić information content (AvgIpc) is 3.03. The molecule has 0 aliphatic carbocycles. The average molecular weight is 371 g/mol. The van der Waals surface area contributed by atoms with Crippen LogP contribution in [0.1, 0.15) is 12.0 Å². The molecule has 0 saturated heterocycles. The van der Waals surface area contributed by atoms with Gasteiger partial charge in [-0.1, -0.05) is 54.6 Å². The van der Waals surface area contributed by atoms with Crippen LogP contribution >= 0.6 is 0 Å². The number of aromatic nitrogens is 1. The fraction of sp³-hybridized carbons (Fsp3) is 0.0870. The van der Waals surface area contributed by atoms with Gasteiger partial charge in [0.2, 0.25) is 11.8 Å². The van der Waals surface area contributed by atoms with Gasteiger partial charge in [0.25, 0.3) is 0 Å². The molecule has 0 radical (unpaired) electrons. The Morgan fingerprint density at radius 3 is 2.11 bits per heavy atom. The lowest BCUT2D eigenvalue weighted by Gasteiger charge is -2.14. The Kier molecular flexibility index (Phi) is 3.62. The van der Waals surface area contributed by atoms with Crippen molar-refractivity contribution in [1.29, 1.82) is 0 Å². The second kappa shape index (κ2) is 6.16. The molecule has 5 nitrogen and oxygen atoms in total. The highest BCUT2D eigenvalue weighted by Crippen LogP contribution is 2.36. The zero-order valence-electron chi connectivity index (χ0n) is 14.9.